The maximum Gasteiger partial charge on any atom is 0.249 e. The predicted octanol–water partition coefficient (Wildman–Crippen LogP) is 1.08. The number of aromatic amines is 1. The van der Waals surface area contributed by atoms with Crippen molar-refractivity contribution in [3.63, 3.8) is 0 Å². The first-order chi connectivity index (χ1) is 7.65. The number of fused-ring (bicyclic) bond motifs is 1. The van der Waals surface area contributed by atoms with Gasteiger partial charge in [0.1, 0.15) is 0 Å². The van der Waals surface area contributed by atoms with Crippen LogP contribution in [0.3, 0.4) is 0 Å². The van der Waals surface area contributed by atoms with Crippen molar-refractivity contribution in [1.29, 1.82) is 0 Å². The second-order valence-corrected chi connectivity index (χ2v) is 3.86. The lowest BCUT2D eigenvalue weighted by Gasteiger charge is -2.02. The summed E-state index contributed by atoms with van der Waals surface area (Å²) in [5.41, 5.74) is 14.6. The van der Waals surface area contributed by atoms with Gasteiger partial charge in [-0.05, 0) is 37.6 Å². The van der Waals surface area contributed by atoms with Crippen LogP contribution in [-0.4, -0.2) is 17.4 Å². The Morgan fingerprint density at radius 3 is 2.81 bits per heavy atom. The van der Waals surface area contributed by atoms with Crippen LogP contribution >= 0.6 is 0 Å². The normalized spacial score (nSPS) is 10.9. The van der Waals surface area contributed by atoms with Crippen LogP contribution in [0.15, 0.2) is 18.2 Å². The van der Waals surface area contributed by atoms with E-state index in [9.17, 15) is 4.79 Å². The van der Waals surface area contributed by atoms with Crippen LogP contribution in [0, 0.1) is 6.92 Å². The molecule has 1 aromatic heterocycles. The summed E-state index contributed by atoms with van der Waals surface area (Å²) in [5.74, 6) is -0.400. The minimum atomic E-state index is -0.400. The van der Waals surface area contributed by atoms with E-state index in [4.69, 9.17) is 11.5 Å². The van der Waals surface area contributed by atoms with Crippen molar-refractivity contribution in [2.45, 2.75) is 13.3 Å². The van der Waals surface area contributed by atoms with Crippen molar-refractivity contribution < 1.29 is 4.79 Å². The molecule has 1 aromatic carbocycles. The maximum atomic E-state index is 11.4. The smallest absolute Gasteiger partial charge is 0.249 e. The summed E-state index contributed by atoms with van der Waals surface area (Å²) in [6.45, 7) is 2.54. The van der Waals surface area contributed by atoms with E-state index in [0.29, 0.717) is 12.1 Å². The van der Waals surface area contributed by atoms with Gasteiger partial charge in [-0.3, -0.25) is 4.79 Å². The minimum absolute atomic E-state index is 0.400. The van der Waals surface area contributed by atoms with E-state index < -0.39 is 5.91 Å². The van der Waals surface area contributed by atoms with Crippen molar-refractivity contribution in [2.75, 3.05) is 6.54 Å². The van der Waals surface area contributed by atoms with Crippen LogP contribution in [0.4, 0.5) is 0 Å². The molecule has 1 amide bonds. The van der Waals surface area contributed by atoms with Crippen LogP contribution in [0.1, 0.15) is 21.6 Å². The second kappa shape index (κ2) is 3.98. The lowest BCUT2D eigenvalue weighted by molar-refractivity contribution is 0.100. The van der Waals surface area contributed by atoms with Gasteiger partial charge in [-0.1, -0.05) is 6.07 Å². The Kier molecular flexibility index (Phi) is 2.66. The second-order valence-electron chi connectivity index (χ2n) is 3.86. The Morgan fingerprint density at radius 1 is 1.44 bits per heavy atom. The molecule has 0 unspecified atom stereocenters. The lowest BCUT2D eigenvalue weighted by Crippen LogP contribution is -2.12. The number of H-pyrrole nitrogens is 1. The van der Waals surface area contributed by atoms with E-state index in [0.717, 1.165) is 28.6 Å². The number of aryl methyl sites for hydroxylation is 1. The molecule has 2 rings (SSSR count). The molecular formula is C12H15N3O. The number of hydrogen-bond donors (Lipinski definition) is 3. The highest BCUT2D eigenvalue weighted by atomic mass is 16.1. The molecule has 1 heterocycles. The number of amides is 1. The Balaban J connectivity index is 2.77. The summed E-state index contributed by atoms with van der Waals surface area (Å²) in [7, 11) is 0. The Hall–Kier alpha value is -1.81. The summed E-state index contributed by atoms with van der Waals surface area (Å²) in [4.78, 5) is 14.6. The van der Waals surface area contributed by atoms with Gasteiger partial charge in [0.25, 0.3) is 0 Å². The molecular weight excluding hydrogens is 202 g/mol. The highest BCUT2D eigenvalue weighted by Gasteiger charge is 2.14. The molecule has 4 heteroatoms. The zero-order valence-corrected chi connectivity index (χ0v) is 9.21. The van der Waals surface area contributed by atoms with Gasteiger partial charge >= 0.3 is 0 Å². The van der Waals surface area contributed by atoms with Crippen LogP contribution in [0.2, 0.25) is 0 Å². The van der Waals surface area contributed by atoms with Crippen molar-refractivity contribution >= 4 is 16.8 Å². The number of carbonyl (C=O) groups is 1. The van der Waals surface area contributed by atoms with E-state index in [1.165, 1.54) is 0 Å². The van der Waals surface area contributed by atoms with E-state index in [1.54, 1.807) is 6.07 Å². The molecule has 0 aliphatic rings. The summed E-state index contributed by atoms with van der Waals surface area (Å²) in [5, 5.41) is 0.915. The van der Waals surface area contributed by atoms with Crippen LogP contribution in [0.25, 0.3) is 10.9 Å². The summed E-state index contributed by atoms with van der Waals surface area (Å²) in [6.07, 6.45) is 0.746. The first-order valence-electron chi connectivity index (χ1n) is 5.25. The van der Waals surface area contributed by atoms with Crippen molar-refractivity contribution in [1.82, 2.24) is 4.98 Å². The van der Waals surface area contributed by atoms with Gasteiger partial charge in [-0.15, -0.1) is 0 Å². The molecule has 84 valence electrons. The molecule has 0 fully saturated rings. The number of nitrogens with two attached hydrogens (primary N) is 2. The molecule has 2 aromatic rings. The molecule has 0 bridgehead atoms. The number of rotatable bonds is 3. The van der Waals surface area contributed by atoms with Gasteiger partial charge in [0.15, 0.2) is 0 Å². The SMILES string of the molecule is Cc1[nH]c2cccc(C(N)=O)c2c1CCN. The first kappa shape index (κ1) is 10.7. The third-order valence-electron chi connectivity index (χ3n) is 2.80. The minimum Gasteiger partial charge on any atom is -0.366 e. The summed E-state index contributed by atoms with van der Waals surface area (Å²) >= 11 is 0. The number of primary amides is 1. The van der Waals surface area contributed by atoms with Crippen LogP contribution < -0.4 is 11.5 Å². The summed E-state index contributed by atoms with van der Waals surface area (Å²) in [6, 6.07) is 5.51. The number of aromatic nitrogens is 1. The Morgan fingerprint density at radius 2 is 2.19 bits per heavy atom. The van der Waals surface area contributed by atoms with Gasteiger partial charge in [-0.2, -0.15) is 0 Å². The molecule has 4 nitrogen and oxygen atoms in total. The van der Waals surface area contributed by atoms with Crippen LogP contribution in [-0.2, 0) is 6.42 Å². The fourth-order valence-electron chi connectivity index (χ4n) is 2.11. The zero-order valence-electron chi connectivity index (χ0n) is 9.21. The molecule has 0 aliphatic heterocycles. The van der Waals surface area contributed by atoms with E-state index in [2.05, 4.69) is 4.98 Å². The van der Waals surface area contributed by atoms with Gasteiger partial charge in [-0.25, -0.2) is 0 Å². The average molecular weight is 217 g/mol. The highest BCUT2D eigenvalue weighted by molar-refractivity contribution is 6.07. The molecule has 0 atom stereocenters. The molecule has 0 saturated carbocycles. The number of hydrogen-bond acceptors (Lipinski definition) is 2. The fraction of sp³-hybridized carbons (Fsp3) is 0.250. The molecule has 0 radical (unpaired) electrons. The number of benzene rings is 1. The lowest BCUT2D eigenvalue weighted by atomic mass is 10.0. The Labute approximate surface area is 93.6 Å². The quantitative estimate of drug-likeness (QED) is 0.718. The fourth-order valence-corrected chi connectivity index (χ4v) is 2.11. The Bertz CT molecular complexity index is 542. The highest BCUT2D eigenvalue weighted by Crippen LogP contribution is 2.25. The van der Waals surface area contributed by atoms with Gasteiger partial charge in [0.05, 0.1) is 0 Å². The van der Waals surface area contributed by atoms with Gasteiger partial charge in [0.2, 0.25) is 5.91 Å². The number of nitrogens with one attached hydrogen (secondary N) is 1. The molecule has 5 N–H and O–H groups in total. The molecule has 0 saturated heterocycles. The van der Waals surface area contributed by atoms with E-state index in [1.807, 2.05) is 19.1 Å². The molecule has 0 aliphatic carbocycles. The van der Waals surface area contributed by atoms with Gasteiger partial charge < -0.3 is 16.5 Å². The predicted molar refractivity (Wildman–Crippen MR) is 64.3 cm³/mol. The largest absolute Gasteiger partial charge is 0.366 e. The van der Waals surface area contributed by atoms with Crippen molar-refractivity contribution in [3.8, 4) is 0 Å². The van der Waals surface area contributed by atoms with Crippen LogP contribution in [0.5, 0.6) is 0 Å². The third-order valence-corrected chi connectivity index (χ3v) is 2.80. The van der Waals surface area contributed by atoms with E-state index in [-0.39, 0.29) is 0 Å². The maximum absolute atomic E-state index is 11.4. The van der Waals surface area contributed by atoms with Crippen molar-refractivity contribution in [3.05, 3.63) is 35.0 Å². The first-order valence-corrected chi connectivity index (χ1v) is 5.25. The zero-order chi connectivity index (χ0) is 11.7. The average Bonchev–Trinajstić information content (AvgIpc) is 2.55. The third kappa shape index (κ3) is 1.57. The van der Waals surface area contributed by atoms with Crippen molar-refractivity contribution in [2.24, 2.45) is 11.5 Å². The molecule has 0 spiro atoms. The van der Waals surface area contributed by atoms with E-state index >= 15 is 0 Å². The molecule has 16 heavy (non-hydrogen) atoms. The monoisotopic (exact) mass is 217 g/mol. The standard InChI is InChI=1S/C12H15N3O/c1-7-8(5-6-13)11-9(12(14)16)3-2-4-10(11)15-7/h2-4,15H,5-6,13H2,1H3,(H2,14,16). The summed E-state index contributed by atoms with van der Waals surface area (Å²) < 4.78 is 0. The van der Waals surface area contributed by atoms with Gasteiger partial charge in [0, 0.05) is 22.2 Å². The number of carbonyl (C=O) groups excluding carboxylic acids is 1. The topological polar surface area (TPSA) is 84.9 Å².